The van der Waals surface area contributed by atoms with Crippen LogP contribution in [-0.4, -0.2) is 6.29 Å². The summed E-state index contributed by atoms with van der Waals surface area (Å²) in [6, 6.07) is 6.27. The third kappa shape index (κ3) is 2.56. The summed E-state index contributed by atoms with van der Waals surface area (Å²) in [4.78, 5) is 10.7. The van der Waals surface area contributed by atoms with Crippen LogP contribution >= 0.6 is 0 Å². The van der Waals surface area contributed by atoms with Crippen molar-refractivity contribution in [3.8, 4) is 0 Å². The standard InChI is InChI=1S/C13H16O/c1-4-12(9-14)8-13-7-10(2)5-6-11(13)3/h5-9H,4H2,1-3H3/b12-8-. The summed E-state index contributed by atoms with van der Waals surface area (Å²) < 4.78 is 0. The molecule has 1 heteroatoms. The number of aldehydes is 1. The zero-order chi connectivity index (χ0) is 10.6. The van der Waals surface area contributed by atoms with Crippen LogP contribution in [-0.2, 0) is 4.79 Å². The lowest BCUT2D eigenvalue weighted by Crippen LogP contribution is -1.86. The molecule has 1 nitrogen and oxygen atoms in total. The minimum atomic E-state index is 0.789. The van der Waals surface area contributed by atoms with Crippen molar-refractivity contribution >= 4 is 12.4 Å². The van der Waals surface area contributed by atoms with Crippen LogP contribution < -0.4 is 0 Å². The second kappa shape index (κ2) is 4.75. The Hall–Kier alpha value is -1.37. The summed E-state index contributed by atoms with van der Waals surface area (Å²) in [7, 11) is 0. The number of carbonyl (C=O) groups is 1. The Morgan fingerprint density at radius 2 is 2.07 bits per heavy atom. The average molecular weight is 188 g/mol. The van der Waals surface area contributed by atoms with Gasteiger partial charge in [0.05, 0.1) is 0 Å². The van der Waals surface area contributed by atoms with E-state index < -0.39 is 0 Å². The molecule has 0 heterocycles. The van der Waals surface area contributed by atoms with Gasteiger partial charge < -0.3 is 0 Å². The van der Waals surface area contributed by atoms with Gasteiger partial charge in [-0.25, -0.2) is 0 Å². The van der Waals surface area contributed by atoms with Gasteiger partial charge in [0.2, 0.25) is 0 Å². The first-order valence-electron chi connectivity index (χ1n) is 4.90. The van der Waals surface area contributed by atoms with Crippen LogP contribution in [0.1, 0.15) is 30.0 Å². The summed E-state index contributed by atoms with van der Waals surface area (Å²) in [5, 5.41) is 0. The zero-order valence-electron chi connectivity index (χ0n) is 9.00. The number of hydrogen-bond acceptors (Lipinski definition) is 1. The number of benzene rings is 1. The molecule has 0 aliphatic rings. The highest BCUT2D eigenvalue weighted by molar-refractivity contribution is 5.82. The molecule has 0 radical (unpaired) electrons. The van der Waals surface area contributed by atoms with E-state index in [1.807, 2.05) is 13.0 Å². The molecule has 0 atom stereocenters. The van der Waals surface area contributed by atoms with E-state index in [0.29, 0.717) is 0 Å². The third-order valence-corrected chi connectivity index (χ3v) is 2.34. The lowest BCUT2D eigenvalue weighted by Gasteiger charge is -2.03. The molecule has 14 heavy (non-hydrogen) atoms. The van der Waals surface area contributed by atoms with E-state index in [4.69, 9.17) is 0 Å². The van der Waals surface area contributed by atoms with Crippen LogP contribution in [0.5, 0.6) is 0 Å². The van der Waals surface area contributed by atoms with Gasteiger partial charge in [-0.2, -0.15) is 0 Å². The molecular weight excluding hydrogens is 172 g/mol. The van der Waals surface area contributed by atoms with Gasteiger partial charge in [-0.1, -0.05) is 30.7 Å². The zero-order valence-corrected chi connectivity index (χ0v) is 9.00. The van der Waals surface area contributed by atoms with Crippen molar-refractivity contribution in [2.24, 2.45) is 0 Å². The van der Waals surface area contributed by atoms with Gasteiger partial charge in [0, 0.05) is 0 Å². The maximum Gasteiger partial charge on any atom is 0.146 e. The van der Waals surface area contributed by atoms with Gasteiger partial charge in [-0.3, -0.25) is 4.79 Å². The summed E-state index contributed by atoms with van der Waals surface area (Å²) in [5.74, 6) is 0. The van der Waals surface area contributed by atoms with Crippen molar-refractivity contribution in [3.05, 3.63) is 40.5 Å². The maximum atomic E-state index is 10.7. The predicted molar refractivity (Wildman–Crippen MR) is 60.2 cm³/mol. The van der Waals surface area contributed by atoms with Crippen molar-refractivity contribution in [3.63, 3.8) is 0 Å². The van der Waals surface area contributed by atoms with Crippen LogP contribution in [0.15, 0.2) is 23.8 Å². The van der Waals surface area contributed by atoms with Crippen molar-refractivity contribution < 1.29 is 4.79 Å². The molecule has 0 fully saturated rings. The number of allylic oxidation sites excluding steroid dienone is 1. The maximum absolute atomic E-state index is 10.7. The van der Waals surface area contributed by atoms with E-state index in [9.17, 15) is 4.79 Å². The van der Waals surface area contributed by atoms with Gasteiger partial charge in [0.15, 0.2) is 0 Å². The molecule has 1 aromatic carbocycles. The first kappa shape index (κ1) is 10.7. The summed E-state index contributed by atoms with van der Waals surface area (Å²) in [6.07, 6.45) is 3.69. The van der Waals surface area contributed by atoms with Crippen LogP contribution in [0.4, 0.5) is 0 Å². The highest BCUT2D eigenvalue weighted by atomic mass is 16.1. The van der Waals surface area contributed by atoms with E-state index in [2.05, 4.69) is 32.0 Å². The molecular formula is C13H16O. The molecule has 1 rings (SSSR count). The molecule has 0 saturated carbocycles. The van der Waals surface area contributed by atoms with Crippen LogP contribution in [0, 0.1) is 13.8 Å². The predicted octanol–water partition coefficient (Wildman–Crippen LogP) is 3.30. The Balaban J connectivity index is 3.12. The smallest absolute Gasteiger partial charge is 0.146 e. The topological polar surface area (TPSA) is 17.1 Å². The highest BCUT2D eigenvalue weighted by Crippen LogP contribution is 2.14. The van der Waals surface area contributed by atoms with Gasteiger partial charge in [0.1, 0.15) is 6.29 Å². The first-order valence-corrected chi connectivity index (χ1v) is 4.90. The highest BCUT2D eigenvalue weighted by Gasteiger charge is 1.97. The minimum absolute atomic E-state index is 0.789. The summed E-state index contributed by atoms with van der Waals surface area (Å²) in [5.41, 5.74) is 4.43. The molecule has 0 aromatic heterocycles. The second-order valence-electron chi connectivity index (χ2n) is 3.55. The Morgan fingerprint density at radius 1 is 1.36 bits per heavy atom. The van der Waals surface area contributed by atoms with E-state index in [1.54, 1.807) is 0 Å². The van der Waals surface area contributed by atoms with Crippen molar-refractivity contribution in [1.29, 1.82) is 0 Å². The number of aryl methyl sites for hydroxylation is 2. The number of carbonyl (C=O) groups excluding carboxylic acids is 1. The van der Waals surface area contributed by atoms with Crippen LogP contribution in [0.2, 0.25) is 0 Å². The quantitative estimate of drug-likeness (QED) is 0.525. The number of hydrogen-bond donors (Lipinski definition) is 0. The average Bonchev–Trinajstić information content (AvgIpc) is 2.19. The molecule has 0 bridgehead atoms. The van der Waals surface area contributed by atoms with E-state index in [0.717, 1.165) is 23.8 Å². The molecule has 0 unspecified atom stereocenters. The van der Waals surface area contributed by atoms with E-state index in [1.165, 1.54) is 11.1 Å². The SMILES string of the molecule is CC/C(C=O)=C/c1cc(C)ccc1C. The molecule has 0 amide bonds. The normalized spacial score (nSPS) is 11.5. The Morgan fingerprint density at radius 3 is 2.64 bits per heavy atom. The molecule has 0 saturated heterocycles. The summed E-state index contributed by atoms with van der Waals surface area (Å²) >= 11 is 0. The van der Waals surface area contributed by atoms with Crippen LogP contribution in [0.25, 0.3) is 6.08 Å². The first-order chi connectivity index (χ1) is 6.67. The number of rotatable bonds is 3. The Bertz CT molecular complexity index is 361. The minimum Gasteiger partial charge on any atom is -0.298 e. The Labute approximate surface area is 85.5 Å². The molecule has 0 spiro atoms. The summed E-state index contributed by atoms with van der Waals surface area (Å²) in [6.45, 7) is 6.11. The third-order valence-electron chi connectivity index (χ3n) is 2.34. The van der Waals surface area contributed by atoms with E-state index in [-0.39, 0.29) is 0 Å². The monoisotopic (exact) mass is 188 g/mol. The molecule has 0 aliphatic heterocycles. The fourth-order valence-electron chi connectivity index (χ4n) is 1.33. The van der Waals surface area contributed by atoms with Crippen molar-refractivity contribution in [1.82, 2.24) is 0 Å². The lowest BCUT2D eigenvalue weighted by atomic mass is 10.0. The molecule has 0 aliphatic carbocycles. The fraction of sp³-hybridized carbons (Fsp3) is 0.308. The molecule has 1 aromatic rings. The van der Waals surface area contributed by atoms with Gasteiger partial charge in [-0.15, -0.1) is 0 Å². The lowest BCUT2D eigenvalue weighted by molar-refractivity contribution is -0.104. The van der Waals surface area contributed by atoms with Gasteiger partial charge >= 0.3 is 0 Å². The fourth-order valence-corrected chi connectivity index (χ4v) is 1.33. The van der Waals surface area contributed by atoms with Crippen molar-refractivity contribution in [2.75, 3.05) is 0 Å². The van der Waals surface area contributed by atoms with Crippen molar-refractivity contribution in [2.45, 2.75) is 27.2 Å². The second-order valence-corrected chi connectivity index (χ2v) is 3.55. The molecule has 0 N–H and O–H groups in total. The Kier molecular flexibility index (Phi) is 3.63. The molecule has 74 valence electrons. The van der Waals surface area contributed by atoms with Crippen LogP contribution in [0.3, 0.4) is 0 Å². The van der Waals surface area contributed by atoms with E-state index >= 15 is 0 Å². The largest absolute Gasteiger partial charge is 0.298 e. The van der Waals surface area contributed by atoms with Gasteiger partial charge in [-0.05, 0) is 43.0 Å². The van der Waals surface area contributed by atoms with Gasteiger partial charge in [0.25, 0.3) is 0 Å².